The summed E-state index contributed by atoms with van der Waals surface area (Å²) in [7, 11) is 1.25. The van der Waals surface area contributed by atoms with Crippen LogP contribution in [0, 0.1) is 10.1 Å². The molecule has 0 fully saturated rings. The van der Waals surface area contributed by atoms with Gasteiger partial charge in [-0.1, -0.05) is 6.07 Å². The summed E-state index contributed by atoms with van der Waals surface area (Å²) in [4.78, 5) is 32.4. The average Bonchev–Trinajstić information content (AvgIpc) is 2.38. The quantitative estimate of drug-likeness (QED) is 0.476. The maximum Gasteiger partial charge on any atom is 0.307 e. The van der Waals surface area contributed by atoms with E-state index in [0.717, 1.165) is 0 Å². The second-order valence-corrected chi connectivity index (χ2v) is 3.39. The van der Waals surface area contributed by atoms with Crippen molar-refractivity contribution in [2.75, 3.05) is 13.7 Å². The Kier molecular flexibility index (Phi) is 4.79. The van der Waals surface area contributed by atoms with Crippen LogP contribution in [0.4, 0.5) is 5.69 Å². The molecule has 0 saturated carbocycles. The number of ether oxygens (including phenoxy) is 1. The molecular weight excluding hydrogens is 240 g/mol. The number of nitrogens with zero attached hydrogens (tertiary/aromatic N) is 1. The van der Waals surface area contributed by atoms with Crippen LogP contribution in [-0.2, 0) is 9.53 Å². The van der Waals surface area contributed by atoms with E-state index in [-0.39, 0.29) is 24.2 Å². The van der Waals surface area contributed by atoms with Gasteiger partial charge in [0, 0.05) is 24.2 Å². The number of hydrogen-bond donors (Lipinski definition) is 1. The van der Waals surface area contributed by atoms with Crippen molar-refractivity contribution < 1.29 is 19.2 Å². The molecule has 18 heavy (non-hydrogen) atoms. The number of rotatable bonds is 5. The lowest BCUT2D eigenvalue weighted by Crippen LogP contribution is -2.26. The fourth-order valence-corrected chi connectivity index (χ4v) is 1.24. The number of carbonyl (C=O) groups excluding carboxylic acids is 2. The number of esters is 1. The monoisotopic (exact) mass is 252 g/mol. The molecular formula is C11H12N2O5. The molecule has 1 rings (SSSR count). The zero-order valence-electron chi connectivity index (χ0n) is 9.71. The van der Waals surface area contributed by atoms with E-state index >= 15 is 0 Å². The number of methoxy groups -OCH3 is 1. The Balaban J connectivity index is 2.59. The van der Waals surface area contributed by atoms with Gasteiger partial charge < -0.3 is 10.1 Å². The summed E-state index contributed by atoms with van der Waals surface area (Å²) in [6.45, 7) is 0.119. The minimum Gasteiger partial charge on any atom is -0.469 e. The molecule has 0 unspecified atom stereocenters. The SMILES string of the molecule is COC(=O)CCNC(=O)c1cccc([N+](=O)[O-])c1. The summed E-state index contributed by atoms with van der Waals surface area (Å²) in [6.07, 6.45) is 0.0527. The van der Waals surface area contributed by atoms with Crippen LogP contribution in [0.25, 0.3) is 0 Å². The summed E-state index contributed by atoms with van der Waals surface area (Å²) < 4.78 is 4.41. The van der Waals surface area contributed by atoms with E-state index < -0.39 is 16.8 Å². The number of nitrogens with one attached hydrogen (secondary N) is 1. The fourth-order valence-electron chi connectivity index (χ4n) is 1.24. The molecule has 7 nitrogen and oxygen atoms in total. The number of hydrogen-bond acceptors (Lipinski definition) is 5. The molecule has 0 heterocycles. The highest BCUT2D eigenvalue weighted by molar-refractivity contribution is 5.94. The third-order valence-corrected chi connectivity index (χ3v) is 2.16. The maximum atomic E-state index is 11.6. The van der Waals surface area contributed by atoms with Crippen LogP contribution in [0.5, 0.6) is 0 Å². The second kappa shape index (κ2) is 6.33. The number of nitro benzene ring substituents is 1. The van der Waals surface area contributed by atoms with E-state index in [4.69, 9.17) is 0 Å². The van der Waals surface area contributed by atoms with Crippen molar-refractivity contribution in [2.24, 2.45) is 0 Å². The van der Waals surface area contributed by atoms with E-state index in [9.17, 15) is 19.7 Å². The molecule has 0 aliphatic carbocycles. The number of benzene rings is 1. The van der Waals surface area contributed by atoms with Crippen molar-refractivity contribution in [3.05, 3.63) is 39.9 Å². The highest BCUT2D eigenvalue weighted by Crippen LogP contribution is 2.12. The molecule has 0 bridgehead atoms. The smallest absolute Gasteiger partial charge is 0.307 e. The van der Waals surface area contributed by atoms with E-state index in [0.29, 0.717) is 0 Å². The van der Waals surface area contributed by atoms with Crippen molar-refractivity contribution in [3.8, 4) is 0 Å². The Bertz CT molecular complexity index is 472. The zero-order valence-corrected chi connectivity index (χ0v) is 9.71. The molecule has 0 atom stereocenters. The van der Waals surface area contributed by atoms with Gasteiger partial charge in [0.25, 0.3) is 11.6 Å². The highest BCUT2D eigenvalue weighted by atomic mass is 16.6. The molecule has 0 saturated heterocycles. The first-order valence-electron chi connectivity index (χ1n) is 5.14. The molecule has 0 aromatic heterocycles. The van der Waals surface area contributed by atoms with E-state index in [2.05, 4.69) is 10.1 Å². The fraction of sp³-hybridized carbons (Fsp3) is 0.273. The van der Waals surface area contributed by atoms with Gasteiger partial charge in [-0.2, -0.15) is 0 Å². The van der Waals surface area contributed by atoms with Crippen LogP contribution < -0.4 is 5.32 Å². The van der Waals surface area contributed by atoms with E-state index in [1.165, 1.54) is 31.4 Å². The first-order chi connectivity index (χ1) is 8.54. The van der Waals surface area contributed by atoms with Crippen molar-refractivity contribution in [3.63, 3.8) is 0 Å². The number of amides is 1. The van der Waals surface area contributed by atoms with Crippen molar-refractivity contribution in [1.82, 2.24) is 5.32 Å². The lowest BCUT2D eigenvalue weighted by molar-refractivity contribution is -0.384. The Morgan fingerprint density at radius 1 is 1.44 bits per heavy atom. The summed E-state index contributed by atoms with van der Waals surface area (Å²) in [5.74, 6) is -0.906. The Labute approximate surface area is 103 Å². The second-order valence-electron chi connectivity index (χ2n) is 3.39. The zero-order chi connectivity index (χ0) is 13.5. The topological polar surface area (TPSA) is 98.5 Å². The van der Waals surface area contributed by atoms with Crippen molar-refractivity contribution >= 4 is 17.6 Å². The Morgan fingerprint density at radius 3 is 2.78 bits per heavy atom. The molecule has 1 amide bonds. The Hall–Kier alpha value is -2.44. The third kappa shape index (κ3) is 3.85. The van der Waals surface area contributed by atoms with E-state index in [1.807, 2.05) is 0 Å². The van der Waals surface area contributed by atoms with Gasteiger partial charge >= 0.3 is 5.97 Å². The molecule has 1 N–H and O–H groups in total. The molecule has 96 valence electrons. The van der Waals surface area contributed by atoms with Crippen LogP contribution >= 0.6 is 0 Å². The molecule has 7 heteroatoms. The lowest BCUT2D eigenvalue weighted by atomic mass is 10.2. The van der Waals surface area contributed by atoms with Crippen LogP contribution in [0.1, 0.15) is 16.8 Å². The van der Waals surface area contributed by atoms with Gasteiger partial charge in [0.1, 0.15) is 0 Å². The van der Waals surface area contributed by atoms with Gasteiger partial charge in [0.05, 0.1) is 18.5 Å². The first kappa shape index (κ1) is 13.6. The predicted octanol–water partition coefficient (Wildman–Crippen LogP) is 0.888. The molecule has 0 aliphatic rings. The van der Waals surface area contributed by atoms with Gasteiger partial charge in [0.15, 0.2) is 0 Å². The number of carbonyl (C=O) groups is 2. The van der Waals surface area contributed by atoms with Crippen molar-refractivity contribution in [1.29, 1.82) is 0 Å². The summed E-state index contributed by atoms with van der Waals surface area (Å²) in [6, 6.07) is 5.35. The van der Waals surface area contributed by atoms with Gasteiger partial charge in [-0.3, -0.25) is 19.7 Å². The molecule has 1 aromatic carbocycles. The standard InChI is InChI=1S/C11H12N2O5/c1-18-10(14)5-6-12-11(15)8-3-2-4-9(7-8)13(16)17/h2-4,7H,5-6H2,1H3,(H,12,15). The highest BCUT2D eigenvalue weighted by Gasteiger charge is 2.11. The van der Waals surface area contributed by atoms with Gasteiger partial charge in [-0.15, -0.1) is 0 Å². The number of nitro groups is 1. The molecule has 1 aromatic rings. The van der Waals surface area contributed by atoms with E-state index in [1.54, 1.807) is 0 Å². The Morgan fingerprint density at radius 2 is 2.17 bits per heavy atom. The van der Waals surface area contributed by atoms with Gasteiger partial charge in [-0.05, 0) is 6.07 Å². The van der Waals surface area contributed by atoms with Crippen LogP contribution in [0.15, 0.2) is 24.3 Å². The summed E-state index contributed by atoms with van der Waals surface area (Å²) in [5, 5.41) is 13.0. The minimum atomic E-state index is -0.578. The van der Waals surface area contributed by atoms with Crippen LogP contribution in [-0.4, -0.2) is 30.5 Å². The normalized spacial score (nSPS) is 9.61. The molecule has 0 radical (unpaired) electrons. The average molecular weight is 252 g/mol. The molecule has 0 aliphatic heterocycles. The van der Waals surface area contributed by atoms with Crippen molar-refractivity contribution in [2.45, 2.75) is 6.42 Å². The maximum absolute atomic E-state index is 11.6. The van der Waals surface area contributed by atoms with Crippen LogP contribution in [0.2, 0.25) is 0 Å². The van der Waals surface area contributed by atoms with Crippen LogP contribution in [0.3, 0.4) is 0 Å². The van der Waals surface area contributed by atoms with Gasteiger partial charge in [-0.25, -0.2) is 0 Å². The van der Waals surface area contributed by atoms with Gasteiger partial charge in [0.2, 0.25) is 0 Å². The lowest BCUT2D eigenvalue weighted by Gasteiger charge is -2.04. The predicted molar refractivity (Wildman–Crippen MR) is 62.1 cm³/mol. The third-order valence-electron chi connectivity index (χ3n) is 2.16. The first-order valence-corrected chi connectivity index (χ1v) is 5.14. The summed E-state index contributed by atoms with van der Waals surface area (Å²) >= 11 is 0. The molecule has 0 spiro atoms. The minimum absolute atomic E-state index is 0.0527. The largest absolute Gasteiger partial charge is 0.469 e. The summed E-state index contributed by atoms with van der Waals surface area (Å²) in [5.41, 5.74) is 0.0182. The number of non-ortho nitro benzene ring substituents is 1.